The maximum atomic E-state index is 13.2. The molecule has 14 heteroatoms. The molecule has 10 nitrogen and oxygen atoms in total. The van der Waals surface area contributed by atoms with Crippen molar-refractivity contribution in [1.29, 1.82) is 0 Å². The molecule has 1 aliphatic heterocycles. The van der Waals surface area contributed by atoms with Crippen LogP contribution in [0.15, 0.2) is 47.2 Å². The number of anilines is 4. The first-order chi connectivity index (χ1) is 17.2. The van der Waals surface area contributed by atoms with Gasteiger partial charge in [0.2, 0.25) is 5.95 Å². The maximum absolute atomic E-state index is 13.2. The molecule has 3 aromatic rings. The van der Waals surface area contributed by atoms with E-state index in [2.05, 4.69) is 51.6 Å². The highest BCUT2D eigenvalue weighted by Crippen LogP contribution is 2.36. The third-order valence-corrected chi connectivity index (χ3v) is 5.47. The lowest BCUT2D eigenvalue weighted by Gasteiger charge is -2.27. The molecule has 1 fully saturated rings. The van der Waals surface area contributed by atoms with Crippen molar-refractivity contribution in [1.82, 2.24) is 20.3 Å². The van der Waals surface area contributed by atoms with Gasteiger partial charge in [-0.2, -0.15) is 4.98 Å². The van der Waals surface area contributed by atoms with Crippen LogP contribution in [0.2, 0.25) is 0 Å². The monoisotopic (exact) mass is 567 g/mol. The van der Waals surface area contributed by atoms with E-state index in [0.717, 1.165) is 19.2 Å². The molecule has 0 unspecified atom stereocenters. The van der Waals surface area contributed by atoms with E-state index in [4.69, 9.17) is 4.74 Å². The molecule has 0 bridgehead atoms. The summed E-state index contributed by atoms with van der Waals surface area (Å²) >= 11 is 3.17. The fourth-order valence-corrected chi connectivity index (χ4v) is 3.73. The van der Waals surface area contributed by atoms with Crippen LogP contribution in [0.3, 0.4) is 0 Å². The van der Waals surface area contributed by atoms with Crippen LogP contribution in [-0.4, -0.2) is 60.5 Å². The van der Waals surface area contributed by atoms with Crippen LogP contribution in [0.4, 0.5) is 36.3 Å². The summed E-state index contributed by atoms with van der Waals surface area (Å²) in [5.74, 6) is -0.392. The summed E-state index contributed by atoms with van der Waals surface area (Å²) in [5.41, 5.74) is 0.105. The van der Waals surface area contributed by atoms with Crippen LogP contribution in [0.5, 0.6) is 11.5 Å². The molecule has 0 saturated carbocycles. The maximum Gasteiger partial charge on any atom is 0.573 e. The molecule has 1 saturated heterocycles. The van der Waals surface area contributed by atoms with Gasteiger partial charge in [-0.15, -0.1) is 13.2 Å². The van der Waals surface area contributed by atoms with Gasteiger partial charge >= 0.3 is 6.36 Å². The minimum Gasteiger partial charge on any atom is -0.491 e. The van der Waals surface area contributed by atoms with Crippen molar-refractivity contribution in [3.8, 4) is 11.5 Å². The Morgan fingerprint density at radius 2 is 1.92 bits per heavy atom. The van der Waals surface area contributed by atoms with Gasteiger partial charge in [0.25, 0.3) is 5.91 Å². The molecule has 1 amide bonds. The van der Waals surface area contributed by atoms with Crippen LogP contribution in [0, 0.1) is 0 Å². The van der Waals surface area contributed by atoms with Gasteiger partial charge in [0.15, 0.2) is 17.3 Å². The quantitative estimate of drug-likeness (QED) is 0.365. The minimum atomic E-state index is -4.98. The van der Waals surface area contributed by atoms with Crippen LogP contribution in [0.25, 0.3) is 0 Å². The number of nitrogens with one attached hydrogen (secondary N) is 3. The highest BCUT2D eigenvalue weighted by molar-refractivity contribution is 9.10. The Labute approximate surface area is 212 Å². The number of amides is 1. The lowest BCUT2D eigenvalue weighted by molar-refractivity contribution is -0.274. The summed E-state index contributed by atoms with van der Waals surface area (Å²) in [6.07, 6.45) is -3.54. The van der Waals surface area contributed by atoms with Gasteiger partial charge < -0.3 is 30.3 Å². The second-order valence-electron chi connectivity index (χ2n) is 7.51. The van der Waals surface area contributed by atoms with E-state index in [0.29, 0.717) is 23.6 Å². The molecule has 1 aliphatic rings. The number of rotatable bonds is 7. The third kappa shape index (κ3) is 6.51. The van der Waals surface area contributed by atoms with Crippen molar-refractivity contribution >= 4 is 45.0 Å². The first-order valence-corrected chi connectivity index (χ1v) is 11.5. The number of piperazine rings is 1. The summed E-state index contributed by atoms with van der Waals surface area (Å²) < 4.78 is 49.6. The fourth-order valence-electron chi connectivity index (χ4n) is 3.39. The lowest BCUT2D eigenvalue weighted by atomic mass is 10.2. The van der Waals surface area contributed by atoms with Crippen molar-refractivity contribution < 1.29 is 27.4 Å². The SMILES string of the molecule is COc1cnc(N2CCNCC2)nc1Nc1ccc(NC(=O)c2cccc(Br)n2)cc1OC(F)(F)F. The first kappa shape index (κ1) is 25.4. The van der Waals surface area contributed by atoms with E-state index in [9.17, 15) is 18.0 Å². The summed E-state index contributed by atoms with van der Waals surface area (Å²) in [7, 11) is 1.40. The number of alkyl halides is 3. The van der Waals surface area contributed by atoms with E-state index in [-0.39, 0.29) is 28.6 Å². The van der Waals surface area contributed by atoms with E-state index in [1.807, 2.05) is 4.90 Å². The highest BCUT2D eigenvalue weighted by atomic mass is 79.9. The zero-order valence-electron chi connectivity index (χ0n) is 18.9. The number of methoxy groups -OCH3 is 1. The van der Waals surface area contributed by atoms with Crippen LogP contribution in [0.1, 0.15) is 10.5 Å². The molecule has 3 N–H and O–H groups in total. The molecule has 0 spiro atoms. The largest absolute Gasteiger partial charge is 0.573 e. The summed E-state index contributed by atoms with van der Waals surface area (Å²) in [5, 5.41) is 8.58. The molecular formula is C22H21BrF3N7O3. The predicted molar refractivity (Wildman–Crippen MR) is 130 cm³/mol. The van der Waals surface area contributed by atoms with Crippen LogP contribution >= 0.6 is 15.9 Å². The summed E-state index contributed by atoms with van der Waals surface area (Å²) in [6.45, 7) is 2.86. The Morgan fingerprint density at radius 1 is 1.14 bits per heavy atom. The molecule has 1 aromatic carbocycles. The predicted octanol–water partition coefficient (Wildman–Crippen LogP) is 3.95. The number of carbonyl (C=O) groups is 1. The molecule has 3 heterocycles. The number of nitrogens with zero attached hydrogens (tertiary/aromatic N) is 4. The average molecular weight is 568 g/mol. The van der Waals surface area contributed by atoms with Crippen molar-refractivity contribution in [3.05, 3.63) is 52.9 Å². The van der Waals surface area contributed by atoms with E-state index >= 15 is 0 Å². The van der Waals surface area contributed by atoms with Crippen molar-refractivity contribution in [3.63, 3.8) is 0 Å². The molecule has 4 rings (SSSR count). The number of ether oxygens (including phenoxy) is 2. The molecule has 190 valence electrons. The van der Waals surface area contributed by atoms with E-state index in [1.165, 1.54) is 31.5 Å². The molecule has 36 heavy (non-hydrogen) atoms. The molecule has 2 aromatic heterocycles. The number of hydrogen-bond acceptors (Lipinski definition) is 9. The number of benzene rings is 1. The topological polar surface area (TPSA) is 114 Å². The van der Waals surface area contributed by atoms with Gasteiger partial charge in [-0.3, -0.25) is 4.79 Å². The molecule has 0 aliphatic carbocycles. The number of carbonyl (C=O) groups excluding carboxylic acids is 1. The molecular weight excluding hydrogens is 547 g/mol. The minimum absolute atomic E-state index is 0.0471. The van der Waals surface area contributed by atoms with Gasteiger partial charge in [-0.25, -0.2) is 9.97 Å². The Hall–Kier alpha value is -3.65. The van der Waals surface area contributed by atoms with E-state index in [1.54, 1.807) is 12.1 Å². The van der Waals surface area contributed by atoms with Gasteiger partial charge in [-0.1, -0.05) is 6.07 Å². The summed E-state index contributed by atoms with van der Waals surface area (Å²) in [6, 6.07) is 8.53. The Morgan fingerprint density at radius 3 is 2.61 bits per heavy atom. The van der Waals surface area contributed by atoms with Gasteiger partial charge in [-0.05, 0) is 40.2 Å². The molecule has 0 atom stereocenters. The molecule has 0 radical (unpaired) electrons. The number of pyridine rings is 1. The van der Waals surface area contributed by atoms with Crippen LogP contribution in [-0.2, 0) is 0 Å². The summed E-state index contributed by atoms with van der Waals surface area (Å²) in [4.78, 5) is 27.2. The fraction of sp³-hybridized carbons (Fsp3) is 0.273. The van der Waals surface area contributed by atoms with E-state index < -0.39 is 18.0 Å². The second-order valence-corrected chi connectivity index (χ2v) is 8.32. The van der Waals surface area contributed by atoms with Crippen LogP contribution < -0.4 is 30.3 Å². The van der Waals surface area contributed by atoms with Gasteiger partial charge in [0, 0.05) is 37.9 Å². The van der Waals surface area contributed by atoms with Gasteiger partial charge in [0.05, 0.1) is 19.0 Å². The number of aromatic nitrogens is 3. The Balaban J connectivity index is 1.62. The lowest BCUT2D eigenvalue weighted by Crippen LogP contribution is -2.44. The van der Waals surface area contributed by atoms with Gasteiger partial charge in [0.1, 0.15) is 10.3 Å². The van der Waals surface area contributed by atoms with Crippen molar-refractivity contribution in [2.45, 2.75) is 6.36 Å². The smallest absolute Gasteiger partial charge is 0.491 e. The standard InChI is InChI=1S/C22H21BrF3N7O3/c1-35-17-12-28-21(33-9-7-27-8-10-33)32-19(17)31-14-6-5-13(11-16(14)36-22(24,25)26)29-20(34)15-3-2-4-18(23)30-15/h2-6,11-12,27H,7-10H2,1H3,(H,29,34)(H,28,31,32). The first-order valence-electron chi connectivity index (χ1n) is 10.7. The average Bonchev–Trinajstić information content (AvgIpc) is 2.85. The highest BCUT2D eigenvalue weighted by Gasteiger charge is 2.32. The van der Waals surface area contributed by atoms with Crippen molar-refractivity contribution in [2.75, 3.05) is 48.8 Å². The second kappa shape index (κ2) is 11.0. The normalized spacial score (nSPS) is 13.8. The third-order valence-electron chi connectivity index (χ3n) is 5.03. The Kier molecular flexibility index (Phi) is 7.74. The zero-order valence-corrected chi connectivity index (χ0v) is 20.5. The number of hydrogen-bond donors (Lipinski definition) is 3. The number of halogens is 4. The zero-order chi connectivity index (χ0) is 25.7. The van der Waals surface area contributed by atoms with Crippen molar-refractivity contribution in [2.24, 2.45) is 0 Å². The Bertz CT molecular complexity index is 1240.